The Balaban J connectivity index is 2.07. The number of carbonyl (C=O) groups excluding carboxylic acids is 1. The van der Waals surface area contributed by atoms with Crippen molar-refractivity contribution in [3.8, 4) is 5.75 Å². The highest BCUT2D eigenvalue weighted by Gasteiger charge is 2.12. The first-order valence-electron chi connectivity index (χ1n) is 4.66. The first-order chi connectivity index (χ1) is 8.16. The molecule has 2 rings (SSSR count). The van der Waals surface area contributed by atoms with Gasteiger partial charge in [0.15, 0.2) is 5.82 Å². The smallest absolute Gasteiger partial charge is 0.255 e. The summed E-state index contributed by atoms with van der Waals surface area (Å²) in [6, 6.07) is 4.22. The molecular weight excluding hydrogens is 246 g/mol. The minimum Gasteiger partial charge on any atom is -0.507 e. The summed E-state index contributed by atoms with van der Waals surface area (Å²) in [6.45, 7) is 0.112. The lowest BCUT2D eigenvalue weighted by molar-refractivity contribution is 0.0947. The number of aromatic nitrogens is 4. The van der Waals surface area contributed by atoms with E-state index in [0.717, 1.165) is 0 Å². The number of phenolic OH excluding ortho intramolecular Hbond substituents is 1. The third kappa shape index (κ3) is 2.70. The number of benzene rings is 1. The summed E-state index contributed by atoms with van der Waals surface area (Å²) in [5, 5.41) is 25.3. The van der Waals surface area contributed by atoms with Crippen molar-refractivity contribution in [1.29, 1.82) is 0 Å². The van der Waals surface area contributed by atoms with Crippen molar-refractivity contribution < 1.29 is 9.90 Å². The molecule has 0 radical (unpaired) electrons. The van der Waals surface area contributed by atoms with Gasteiger partial charge in [-0.15, -0.1) is 10.2 Å². The van der Waals surface area contributed by atoms with Crippen LogP contribution in [0.4, 0.5) is 0 Å². The summed E-state index contributed by atoms with van der Waals surface area (Å²) in [4.78, 5) is 11.7. The average molecular weight is 254 g/mol. The summed E-state index contributed by atoms with van der Waals surface area (Å²) in [6.07, 6.45) is 0. The molecule has 1 aromatic carbocycles. The van der Waals surface area contributed by atoms with E-state index >= 15 is 0 Å². The topological polar surface area (TPSA) is 104 Å². The van der Waals surface area contributed by atoms with Crippen LogP contribution >= 0.6 is 11.6 Å². The number of tetrazole rings is 1. The maximum absolute atomic E-state index is 11.7. The third-order valence-corrected chi connectivity index (χ3v) is 2.23. The maximum atomic E-state index is 11.7. The molecule has 2 aromatic rings. The number of nitrogens with one attached hydrogen (secondary N) is 2. The zero-order chi connectivity index (χ0) is 12.3. The Kier molecular flexibility index (Phi) is 3.20. The number of phenols is 1. The van der Waals surface area contributed by atoms with Gasteiger partial charge in [-0.3, -0.25) is 4.79 Å². The molecule has 0 aliphatic heterocycles. The average Bonchev–Trinajstić information content (AvgIpc) is 2.82. The van der Waals surface area contributed by atoms with Gasteiger partial charge in [0.2, 0.25) is 0 Å². The Bertz CT molecular complexity index is 528. The van der Waals surface area contributed by atoms with Gasteiger partial charge in [0.1, 0.15) is 5.75 Å². The van der Waals surface area contributed by atoms with E-state index < -0.39 is 5.91 Å². The molecule has 1 aromatic heterocycles. The van der Waals surface area contributed by atoms with Gasteiger partial charge in [-0.1, -0.05) is 16.8 Å². The molecular formula is C9H8ClN5O2. The fourth-order valence-electron chi connectivity index (χ4n) is 1.20. The molecule has 17 heavy (non-hydrogen) atoms. The highest BCUT2D eigenvalue weighted by Crippen LogP contribution is 2.21. The second kappa shape index (κ2) is 4.79. The fraction of sp³-hybridized carbons (Fsp3) is 0.111. The minimum absolute atomic E-state index is 0.0981. The van der Waals surface area contributed by atoms with E-state index in [4.69, 9.17) is 11.6 Å². The molecule has 0 saturated heterocycles. The Morgan fingerprint density at radius 2 is 2.35 bits per heavy atom. The summed E-state index contributed by atoms with van der Waals surface area (Å²) in [5.74, 6) is -0.255. The number of rotatable bonds is 3. The molecule has 3 N–H and O–H groups in total. The lowest BCUT2D eigenvalue weighted by atomic mass is 10.2. The summed E-state index contributed by atoms with van der Waals surface area (Å²) in [5.41, 5.74) is 0.0981. The molecule has 0 bridgehead atoms. The van der Waals surface area contributed by atoms with Crippen molar-refractivity contribution in [2.24, 2.45) is 0 Å². The molecule has 7 nitrogen and oxygen atoms in total. The van der Waals surface area contributed by atoms with E-state index in [1.807, 2.05) is 0 Å². The van der Waals surface area contributed by atoms with Crippen molar-refractivity contribution in [3.05, 3.63) is 34.6 Å². The quantitative estimate of drug-likeness (QED) is 0.738. The summed E-state index contributed by atoms with van der Waals surface area (Å²) in [7, 11) is 0. The Labute approximate surface area is 101 Å². The van der Waals surface area contributed by atoms with E-state index in [2.05, 4.69) is 25.9 Å². The SMILES string of the molecule is O=C(NCc1nn[nH]n1)c1cc(Cl)ccc1O. The second-order valence-corrected chi connectivity index (χ2v) is 3.61. The molecule has 0 saturated carbocycles. The van der Waals surface area contributed by atoms with Gasteiger partial charge in [-0.05, 0) is 18.2 Å². The molecule has 1 heterocycles. The van der Waals surface area contributed by atoms with E-state index in [0.29, 0.717) is 10.8 Å². The molecule has 0 aliphatic rings. The van der Waals surface area contributed by atoms with Crippen molar-refractivity contribution in [2.45, 2.75) is 6.54 Å². The molecule has 8 heteroatoms. The fourth-order valence-corrected chi connectivity index (χ4v) is 1.37. The molecule has 0 fully saturated rings. The van der Waals surface area contributed by atoms with Gasteiger partial charge in [0, 0.05) is 5.02 Å². The molecule has 0 spiro atoms. The van der Waals surface area contributed by atoms with Crippen LogP contribution in [0.2, 0.25) is 5.02 Å². The van der Waals surface area contributed by atoms with E-state index in [-0.39, 0.29) is 17.9 Å². The minimum atomic E-state index is -0.463. The number of hydrogen-bond donors (Lipinski definition) is 3. The second-order valence-electron chi connectivity index (χ2n) is 3.17. The van der Waals surface area contributed by atoms with Crippen molar-refractivity contribution in [3.63, 3.8) is 0 Å². The summed E-state index contributed by atoms with van der Waals surface area (Å²) >= 11 is 5.73. The number of carbonyl (C=O) groups is 1. The van der Waals surface area contributed by atoms with Crippen molar-refractivity contribution >= 4 is 17.5 Å². The third-order valence-electron chi connectivity index (χ3n) is 2.00. The van der Waals surface area contributed by atoms with Gasteiger partial charge in [0.25, 0.3) is 5.91 Å². The van der Waals surface area contributed by atoms with Crippen LogP contribution in [0.15, 0.2) is 18.2 Å². The number of halogens is 1. The van der Waals surface area contributed by atoms with E-state index in [9.17, 15) is 9.90 Å². The predicted molar refractivity (Wildman–Crippen MR) is 58.5 cm³/mol. The number of amides is 1. The number of aromatic amines is 1. The van der Waals surface area contributed by atoms with Gasteiger partial charge < -0.3 is 10.4 Å². The standard InChI is InChI=1S/C9H8ClN5O2/c10-5-1-2-7(16)6(3-5)9(17)11-4-8-12-14-15-13-8/h1-3,16H,4H2,(H,11,17)(H,12,13,14,15). The van der Waals surface area contributed by atoms with Crippen LogP contribution in [0.5, 0.6) is 5.75 Å². The Morgan fingerprint density at radius 1 is 1.53 bits per heavy atom. The number of H-pyrrole nitrogens is 1. The first-order valence-corrected chi connectivity index (χ1v) is 5.03. The highest BCUT2D eigenvalue weighted by molar-refractivity contribution is 6.31. The molecule has 88 valence electrons. The van der Waals surface area contributed by atoms with Gasteiger partial charge >= 0.3 is 0 Å². The predicted octanol–water partition coefficient (Wildman–Crippen LogP) is 0.489. The number of aromatic hydroxyl groups is 1. The zero-order valence-corrected chi connectivity index (χ0v) is 9.27. The van der Waals surface area contributed by atoms with Crippen LogP contribution in [0.1, 0.15) is 16.2 Å². The summed E-state index contributed by atoms with van der Waals surface area (Å²) < 4.78 is 0. The number of hydrogen-bond acceptors (Lipinski definition) is 5. The normalized spacial score (nSPS) is 10.2. The lowest BCUT2D eigenvalue weighted by Gasteiger charge is -2.05. The maximum Gasteiger partial charge on any atom is 0.255 e. The Hall–Kier alpha value is -2.15. The van der Waals surface area contributed by atoms with Crippen LogP contribution in [-0.2, 0) is 6.54 Å². The highest BCUT2D eigenvalue weighted by atomic mass is 35.5. The Morgan fingerprint density at radius 3 is 3.06 bits per heavy atom. The van der Waals surface area contributed by atoms with Crippen LogP contribution < -0.4 is 5.32 Å². The van der Waals surface area contributed by atoms with Gasteiger partial charge in [-0.25, -0.2) is 0 Å². The molecule has 0 unspecified atom stereocenters. The van der Waals surface area contributed by atoms with Crippen molar-refractivity contribution in [2.75, 3.05) is 0 Å². The zero-order valence-electron chi connectivity index (χ0n) is 8.51. The van der Waals surface area contributed by atoms with Crippen molar-refractivity contribution in [1.82, 2.24) is 25.9 Å². The monoisotopic (exact) mass is 253 g/mol. The molecule has 1 amide bonds. The van der Waals surface area contributed by atoms with Gasteiger partial charge in [0.05, 0.1) is 12.1 Å². The van der Waals surface area contributed by atoms with Crippen LogP contribution in [-0.4, -0.2) is 31.6 Å². The number of nitrogens with zero attached hydrogens (tertiary/aromatic N) is 3. The van der Waals surface area contributed by atoms with Gasteiger partial charge in [-0.2, -0.15) is 5.21 Å². The molecule has 0 atom stereocenters. The van der Waals surface area contributed by atoms with Crippen LogP contribution in [0.25, 0.3) is 0 Å². The largest absolute Gasteiger partial charge is 0.507 e. The molecule has 0 aliphatic carbocycles. The first kappa shape index (κ1) is 11.3. The van der Waals surface area contributed by atoms with E-state index in [1.54, 1.807) is 0 Å². The van der Waals surface area contributed by atoms with E-state index in [1.165, 1.54) is 18.2 Å². The van der Waals surface area contributed by atoms with Crippen LogP contribution in [0.3, 0.4) is 0 Å². The van der Waals surface area contributed by atoms with Crippen LogP contribution in [0, 0.1) is 0 Å². The lowest BCUT2D eigenvalue weighted by Crippen LogP contribution is -2.23.